The molecule has 3 rings (SSSR count). The summed E-state index contributed by atoms with van der Waals surface area (Å²) in [6, 6.07) is 11.1. The van der Waals surface area contributed by atoms with Gasteiger partial charge in [-0.1, -0.05) is 43.2 Å². The van der Waals surface area contributed by atoms with Crippen molar-refractivity contribution < 1.29 is 19.1 Å². The first-order valence-electron chi connectivity index (χ1n) is 7.31. The van der Waals surface area contributed by atoms with E-state index in [9.17, 15) is 9.59 Å². The van der Waals surface area contributed by atoms with E-state index in [1.165, 1.54) is 6.07 Å². The van der Waals surface area contributed by atoms with Crippen molar-refractivity contribution in [2.45, 2.75) is 31.2 Å². The van der Waals surface area contributed by atoms with Crippen molar-refractivity contribution in [1.82, 2.24) is 5.32 Å². The summed E-state index contributed by atoms with van der Waals surface area (Å²) in [6.45, 7) is 0. The second-order valence-corrected chi connectivity index (χ2v) is 5.61. The van der Waals surface area contributed by atoms with E-state index in [2.05, 4.69) is 5.32 Å². The van der Waals surface area contributed by atoms with E-state index < -0.39 is 11.5 Å². The maximum atomic E-state index is 12.4. The molecule has 1 saturated carbocycles. The molecule has 1 aromatic heterocycles. The largest absolute Gasteiger partial charge is 0.478 e. The third kappa shape index (κ3) is 2.62. The Bertz CT molecular complexity index is 684. The van der Waals surface area contributed by atoms with E-state index in [0.717, 1.165) is 37.5 Å². The zero-order valence-electron chi connectivity index (χ0n) is 12.0. The zero-order valence-corrected chi connectivity index (χ0v) is 12.0. The van der Waals surface area contributed by atoms with Crippen molar-refractivity contribution >= 4 is 11.9 Å². The zero-order chi connectivity index (χ0) is 15.6. The molecule has 2 aromatic rings. The van der Waals surface area contributed by atoms with Crippen molar-refractivity contribution in [3.05, 3.63) is 59.5 Å². The Labute approximate surface area is 127 Å². The topological polar surface area (TPSA) is 79.5 Å². The van der Waals surface area contributed by atoms with Crippen molar-refractivity contribution in [3.63, 3.8) is 0 Å². The van der Waals surface area contributed by atoms with Crippen LogP contribution in [0.1, 0.15) is 52.2 Å². The van der Waals surface area contributed by atoms with Gasteiger partial charge in [-0.15, -0.1) is 0 Å². The van der Waals surface area contributed by atoms with Crippen LogP contribution in [0.3, 0.4) is 0 Å². The number of rotatable bonds is 4. The molecule has 1 aliphatic carbocycles. The average Bonchev–Trinajstić information content (AvgIpc) is 3.18. The minimum absolute atomic E-state index is 0.0228. The van der Waals surface area contributed by atoms with Gasteiger partial charge in [0.15, 0.2) is 5.76 Å². The Morgan fingerprint density at radius 2 is 1.82 bits per heavy atom. The SMILES string of the molecule is O=C(O)c1coc(C(=O)NC2(c3ccccc3)CCCC2)c1. The third-order valence-electron chi connectivity index (χ3n) is 4.21. The molecule has 1 aliphatic rings. The van der Waals surface area contributed by atoms with Gasteiger partial charge in [0, 0.05) is 6.07 Å². The second kappa shape index (κ2) is 5.67. The number of benzene rings is 1. The highest BCUT2D eigenvalue weighted by molar-refractivity contribution is 5.95. The van der Waals surface area contributed by atoms with Crippen LogP contribution in [0.5, 0.6) is 0 Å². The van der Waals surface area contributed by atoms with Crippen molar-refractivity contribution in [2.75, 3.05) is 0 Å². The molecule has 5 heteroatoms. The van der Waals surface area contributed by atoms with E-state index in [0.29, 0.717) is 0 Å². The van der Waals surface area contributed by atoms with Crippen molar-refractivity contribution in [2.24, 2.45) is 0 Å². The Kier molecular flexibility index (Phi) is 3.71. The molecule has 114 valence electrons. The first kappa shape index (κ1) is 14.4. The van der Waals surface area contributed by atoms with Crippen LogP contribution in [-0.2, 0) is 5.54 Å². The Hall–Kier alpha value is -2.56. The number of carbonyl (C=O) groups is 2. The van der Waals surface area contributed by atoms with Crippen molar-refractivity contribution in [3.8, 4) is 0 Å². The molecular weight excluding hydrogens is 282 g/mol. The van der Waals surface area contributed by atoms with Gasteiger partial charge < -0.3 is 14.8 Å². The fourth-order valence-corrected chi connectivity index (χ4v) is 3.07. The number of aromatic carboxylic acids is 1. The lowest BCUT2D eigenvalue weighted by Crippen LogP contribution is -2.43. The summed E-state index contributed by atoms with van der Waals surface area (Å²) in [5.74, 6) is -1.46. The Morgan fingerprint density at radius 1 is 1.14 bits per heavy atom. The van der Waals surface area contributed by atoms with Crippen LogP contribution in [0.25, 0.3) is 0 Å². The quantitative estimate of drug-likeness (QED) is 0.908. The van der Waals surface area contributed by atoms with Gasteiger partial charge in [0.25, 0.3) is 5.91 Å². The summed E-state index contributed by atoms with van der Waals surface area (Å²) in [5, 5.41) is 12.0. The minimum atomic E-state index is -1.11. The maximum absolute atomic E-state index is 12.4. The summed E-state index contributed by atoms with van der Waals surface area (Å²) in [7, 11) is 0. The number of hydrogen-bond donors (Lipinski definition) is 2. The predicted octanol–water partition coefficient (Wildman–Crippen LogP) is 3.18. The fraction of sp³-hybridized carbons (Fsp3) is 0.294. The number of carbonyl (C=O) groups excluding carboxylic acids is 1. The first-order chi connectivity index (χ1) is 10.6. The van der Waals surface area contributed by atoms with Crippen molar-refractivity contribution in [1.29, 1.82) is 0 Å². The van der Waals surface area contributed by atoms with Gasteiger partial charge in [-0.2, -0.15) is 0 Å². The number of carboxylic acid groups (broad SMARTS) is 1. The standard InChI is InChI=1S/C17H17NO4/c19-15(14-10-12(11-22-14)16(20)21)18-17(8-4-5-9-17)13-6-2-1-3-7-13/h1-3,6-7,10-11H,4-5,8-9H2,(H,18,19)(H,20,21). The summed E-state index contributed by atoms with van der Waals surface area (Å²) in [4.78, 5) is 23.3. The van der Waals surface area contributed by atoms with Crippen LogP contribution in [0, 0.1) is 0 Å². The molecule has 0 saturated heterocycles. The van der Waals surface area contributed by atoms with Gasteiger partial charge in [-0.3, -0.25) is 4.79 Å². The summed E-state index contributed by atoms with van der Waals surface area (Å²) in [6.07, 6.45) is 4.92. The van der Waals surface area contributed by atoms with Gasteiger partial charge in [0.05, 0.1) is 11.1 Å². The molecule has 1 amide bonds. The van der Waals surface area contributed by atoms with E-state index in [1.807, 2.05) is 30.3 Å². The molecule has 0 unspecified atom stereocenters. The summed E-state index contributed by atoms with van der Waals surface area (Å²) >= 11 is 0. The Morgan fingerprint density at radius 3 is 2.41 bits per heavy atom. The molecule has 22 heavy (non-hydrogen) atoms. The molecule has 0 bridgehead atoms. The number of hydrogen-bond acceptors (Lipinski definition) is 3. The molecular formula is C17H17NO4. The van der Waals surface area contributed by atoms with Gasteiger partial charge >= 0.3 is 5.97 Å². The second-order valence-electron chi connectivity index (χ2n) is 5.61. The van der Waals surface area contributed by atoms with Crippen LogP contribution >= 0.6 is 0 Å². The van der Waals surface area contributed by atoms with E-state index in [1.54, 1.807) is 0 Å². The minimum Gasteiger partial charge on any atom is -0.478 e. The molecule has 1 fully saturated rings. The molecule has 1 heterocycles. The first-order valence-corrected chi connectivity index (χ1v) is 7.31. The van der Waals surface area contributed by atoms with Crippen LogP contribution in [0.15, 0.2) is 47.1 Å². The van der Waals surface area contributed by atoms with Crippen LogP contribution in [0.4, 0.5) is 0 Å². The molecule has 5 nitrogen and oxygen atoms in total. The molecule has 0 spiro atoms. The molecule has 0 aliphatic heterocycles. The third-order valence-corrected chi connectivity index (χ3v) is 4.21. The number of amides is 1. The average molecular weight is 299 g/mol. The van der Waals surface area contributed by atoms with E-state index in [4.69, 9.17) is 9.52 Å². The number of nitrogens with one attached hydrogen (secondary N) is 1. The lowest BCUT2D eigenvalue weighted by molar-refractivity contribution is 0.0695. The van der Waals surface area contributed by atoms with Gasteiger partial charge in [0.1, 0.15) is 6.26 Å². The van der Waals surface area contributed by atoms with Crippen LogP contribution < -0.4 is 5.32 Å². The van der Waals surface area contributed by atoms with Gasteiger partial charge in [-0.05, 0) is 18.4 Å². The number of carboxylic acids is 1. The summed E-state index contributed by atoms with van der Waals surface area (Å²) < 4.78 is 5.09. The van der Waals surface area contributed by atoms with E-state index >= 15 is 0 Å². The van der Waals surface area contributed by atoms with Gasteiger partial charge in [-0.25, -0.2) is 4.79 Å². The van der Waals surface area contributed by atoms with Crippen LogP contribution in [-0.4, -0.2) is 17.0 Å². The summed E-state index contributed by atoms with van der Waals surface area (Å²) in [5.41, 5.74) is 0.658. The highest BCUT2D eigenvalue weighted by Gasteiger charge is 2.37. The molecule has 2 N–H and O–H groups in total. The monoisotopic (exact) mass is 299 g/mol. The fourth-order valence-electron chi connectivity index (χ4n) is 3.07. The van der Waals surface area contributed by atoms with Crippen LogP contribution in [0.2, 0.25) is 0 Å². The predicted molar refractivity (Wildman–Crippen MR) is 79.7 cm³/mol. The normalized spacial score (nSPS) is 16.4. The Balaban J connectivity index is 1.85. The highest BCUT2D eigenvalue weighted by Crippen LogP contribution is 2.38. The molecule has 0 radical (unpaired) electrons. The number of furan rings is 1. The maximum Gasteiger partial charge on any atom is 0.338 e. The highest BCUT2D eigenvalue weighted by atomic mass is 16.4. The smallest absolute Gasteiger partial charge is 0.338 e. The lowest BCUT2D eigenvalue weighted by atomic mass is 9.88. The van der Waals surface area contributed by atoms with Gasteiger partial charge in [0.2, 0.25) is 0 Å². The molecule has 1 aromatic carbocycles. The van der Waals surface area contributed by atoms with E-state index in [-0.39, 0.29) is 17.2 Å². The lowest BCUT2D eigenvalue weighted by Gasteiger charge is -2.30. The molecule has 0 atom stereocenters.